The molecule has 2 heterocycles. The lowest BCUT2D eigenvalue weighted by atomic mass is 10.1. The van der Waals surface area contributed by atoms with Gasteiger partial charge in [0, 0.05) is 19.2 Å². The van der Waals surface area contributed by atoms with E-state index in [2.05, 4.69) is 0 Å². The second-order valence-corrected chi connectivity index (χ2v) is 7.91. The summed E-state index contributed by atoms with van der Waals surface area (Å²) in [7, 11) is -2.88. The highest BCUT2D eigenvalue weighted by Gasteiger charge is 2.53. The molecule has 2 saturated heterocycles. The van der Waals surface area contributed by atoms with Gasteiger partial charge < -0.3 is 18.9 Å². The lowest BCUT2D eigenvalue weighted by molar-refractivity contribution is -0.384. The molecule has 2 aliphatic heterocycles. The first-order valence-corrected chi connectivity index (χ1v) is 9.21. The molecule has 0 radical (unpaired) electrons. The Morgan fingerprint density at radius 3 is 2.46 bits per heavy atom. The predicted molar refractivity (Wildman–Crippen MR) is 85.7 cm³/mol. The molecule has 0 saturated carbocycles. The van der Waals surface area contributed by atoms with Crippen LogP contribution in [-0.4, -0.2) is 57.4 Å². The second-order valence-electron chi connectivity index (χ2n) is 6.34. The normalized spacial score (nSPS) is 30.7. The molecule has 0 N–H and O–H groups in total. The zero-order chi connectivity index (χ0) is 19.1. The van der Waals surface area contributed by atoms with Gasteiger partial charge in [-0.25, -0.2) is 0 Å². The Hall–Kier alpha value is -1.63. The Bertz CT molecular complexity index is 777. The Morgan fingerprint density at radius 2 is 1.88 bits per heavy atom. The molecule has 4 atom stereocenters. The summed E-state index contributed by atoms with van der Waals surface area (Å²) in [4.78, 5) is 9.86. The molecule has 0 aromatic heterocycles. The van der Waals surface area contributed by atoms with Gasteiger partial charge in [-0.2, -0.15) is 8.42 Å². The number of hydrogen-bond donors (Lipinski definition) is 0. The SMILES string of the molecule is CO[C@H]1OC[C@@H]2OC(C)(C)O[C@H]2[C@H]1OS(=O)(=O)c1ccc([N+](=O)[O-])cc1. The summed E-state index contributed by atoms with van der Waals surface area (Å²) >= 11 is 0. The molecule has 0 aliphatic carbocycles. The molecule has 144 valence electrons. The fraction of sp³-hybridized carbons (Fsp3) is 0.600. The van der Waals surface area contributed by atoms with E-state index < -0.39 is 45.4 Å². The summed E-state index contributed by atoms with van der Waals surface area (Å²) < 4.78 is 52.6. The molecule has 10 nitrogen and oxygen atoms in total. The van der Waals surface area contributed by atoms with Crippen molar-refractivity contribution < 1.29 is 36.5 Å². The minimum absolute atomic E-state index is 0.171. The van der Waals surface area contributed by atoms with Crippen molar-refractivity contribution in [2.24, 2.45) is 0 Å². The van der Waals surface area contributed by atoms with E-state index in [1.54, 1.807) is 13.8 Å². The van der Waals surface area contributed by atoms with E-state index in [9.17, 15) is 18.5 Å². The van der Waals surface area contributed by atoms with Gasteiger partial charge in [0.25, 0.3) is 15.8 Å². The third kappa shape index (κ3) is 3.72. The standard InChI is InChI=1S/C15H19NO9S/c1-15(2)23-11-8-22-14(21-3)13(12(11)24-15)25-26(19,20)10-6-4-9(5-7-10)16(17)18/h4-7,11-14H,8H2,1-3H3/t11-,12+,13+,14-/m0/s1. The molecule has 2 fully saturated rings. The minimum Gasteiger partial charge on any atom is -0.353 e. The molecular formula is C15H19NO9S. The molecule has 0 spiro atoms. The first kappa shape index (κ1) is 19.1. The van der Waals surface area contributed by atoms with E-state index in [4.69, 9.17) is 23.1 Å². The number of nitrogens with zero attached hydrogens (tertiary/aromatic N) is 1. The van der Waals surface area contributed by atoms with Gasteiger partial charge in [0.15, 0.2) is 18.2 Å². The van der Waals surface area contributed by atoms with E-state index in [0.717, 1.165) is 24.3 Å². The van der Waals surface area contributed by atoms with E-state index in [-0.39, 0.29) is 17.2 Å². The molecule has 0 amide bonds. The van der Waals surface area contributed by atoms with E-state index in [1.807, 2.05) is 0 Å². The topological polar surface area (TPSA) is 123 Å². The maximum absolute atomic E-state index is 12.6. The molecule has 0 bridgehead atoms. The first-order valence-electron chi connectivity index (χ1n) is 7.81. The van der Waals surface area contributed by atoms with Gasteiger partial charge in [-0.15, -0.1) is 0 Å². The highest BCUT2D eigenvalue weighted by atomic mass is 32.2. The van der Waals surface area contributed by atoms with Gasteiger partial charge in [-0.1, -0.05) is 0 Å². The fourth-order valence-corrected chi connectivity index (χ4v) is 4.02. The van der Waals surface area contributed by atoms with Gasteiger partial charge in [0.1, 0.15) is 12.2 Å². The summed E-state index contributed by atoms with van der Waals surface area (Å²) in [6, 6.07) is 4.38. The Kier molecular flexibility index (Phi) is 5.03. The van der Waals surface area contributed by atoms with Crippen molar-refractivity contribution >= 4 is 15.8 Å². The van der Waals surface area contributed by atoms with Crippen LogP contribution in [0, 0.1) is 10.1 Å². The number of ether oxygens (including phenoxy) is 4. The lowest BCUT2D eigenvalue weighted by Gasteiger charge is -2.35. The third-order valence-electron chi connectivity index (χ3n) is 4.04. The number of benzene rings is 1. The van der Waals surface area contributed by atoms with Gasteiger partial charge in [0.05, 0.1) is 16.4 Å². The quantitative estimate of drug-likeness (QED) is 0.415. The zero-order valence-electron chi connectivity index (χ0n) is 14.4. The van der Waals surface area contributed by atoms with Crippen molar-refractivity contribution in [1.82, 2.24) is 0 Å². The van der Waals surface area contributed by atoms with Crippen molar-refractivity contribution in [2.45, 2.75) is 49.1 Å². The predicted octanol–water partition coefficient (Wildman–Crippen LogP) is 1.19. The monoisotopic (exact) mass is 389 g/mol. The van der Waals surface area contributed by atoms with Crippen molar-refractivity contribution in [2.75, 3.05) is 13.7 Å². The van der Waals surface area contributed by atoms with Crippen LogP contribution in [0.4, 0.5) is 5.69 Å². The number of hydrogen-bond acceptors (Lipinski definition) is 9. The molecule has 0 unspecified atom stereocenters. The van der Waals surface area contributed by atoms with Crippen LogP contribution < -0.4 is 0 Å². The molecule has 2 aliphatic rings. The largest absolute Gasteiger partial charge is 0.353 e. The molecule has 11 heteroatoms. The van der Waals surface area contributed by atoms with Gasteiger partial charge in [0.2, 0.25) is 0 Å². The number of non-ortho nitro benzene ring substituents is 1. The molecule has 26 heavy (non-hydrogen) atoms. The van der Waals surface area contributed by atoms with Gasteiger partial charge in [-0.3, -0.25) is 14.3 Å². The van der Waals surface area contributed by atoms with Crippen LogP contribution in [0.25, 0.3) is 0 Å². The average molecular weight is 389 g/mol. The van der Waals surface area contributed by atoms with Crippen LogP contribution in [0.1, 0.15) is 13.8 Å². The number of nitro benzene ring substituents is 1. The van der Waals surface area contributed by atoms with Crippen molar-refractivity contribution in [3.05, 3.63) is 34.4 Å². The summed E-state index contributed by atoms with van der Waals surface area (Å²) in [5.74, 6) is -0.917. The van der Waals surface area contributed by atoms with Crippen LogP contribution in [0.15, 0.2) is 29.2 Å². The Morgan fingerprint density at radius 1 is 1.23 bits per heavy atom. The highest BCUT2D eigenvalue weighted by Crippen LogP contribution is 2.37. The third-order valence-corrected chi connectivity index (χ3v) is 5.37. The number of methoxy groups -OCH3 is 1. The summed E-state index contributed by atoms with van der Waals surface area (Å²) in [5.41, 5.74) is -0.228. The number of fused-ring (bicyclic) bond motifs is 1. The van der Waals surface area contributed by atoms with Crippen LogP contribution in [0.3, 0.4) is 0 Å². The Balaban J connectivity index is 1.85. The zero-order valence-corrected chi connectivity index (χ0v) is 15.2. The van der Waals surface area contributed by atoms with Gasteiger partial charge in [-0.05, 0) is 26.0 Å². The smallest absolute Gasteiger partial charge is 0.297 e. The van der Waals surface area contributed by atoms with Crippen molar-refractivity contribution in [3.8, 4) is 0 Å². The van der Waals surface area contributed by atoms with E-state index >= 15 is 0 Å². The highest BCUT2D eigenvalue weighted by molar-refractivity contribution is 7.86. The number of rotatable bonds is 5. The Labute approximate surface area is 150 Å². The van der Waals surface area contributed by atoms with Crippen LogP contribution in [0.5, 0.6) is 0 Å². The van der Waals surface area contributed by atoms with E-state index in [0.29, 0.717) is 0 Å². The maximum Gasteiger partial charge on any atom is 0.297 e. The van der Waals surface area contributed by atoms with Crippen LogP contribution in [0.2, 0.25) is 0 Å². The second kappa shape index (κ2) is 6.83. The van der Waals surface area contributed by atoms with Crippen molar-refractivity contribution in [1.29, 1.82) is 0 Å². The summed E-state index contributed by atoms with van der Waals surface area (Å²) in [5, 5.41) is 10.7. The fourth-order valence-electron chi connectivity index (χ4n) is 2.95. The maximum atomic E-state index is 12.6. The summed E-state index contributed by atoms with van der Waals surface area (Å²) in [6.45, 7) is 3.58. The molecular weight excluding hydrogens is 370 g/mol. The van der Waals surface area contributed by atoms with Crippen LogP contribution in [-0.2, 0) is 33.2 Å². The minimum atomic E-state index is -4.24. The lowest BCUT2D eigenvalue weighted by Crippen LogP contribution is -2.54. The van der Waals surface area contributed by atoms with Crippen LogP contribution >= 0.6 is 0 Å². The van der Waals surface area contributed by atoms with Crippen molar-refractivity contribution in [3.63, 3.8) is 0 Å². The van der Waals surface area contributed by atoms with E-state index in [1.165, 1.54) is 7.11 Å². The molecule has 3 rings (SSSR count). The first-order chi connectivity index (χ1) is 12.1. The average Bonchev–Trinajstić information content (AvgIpc) is 2.89. The summed E-state index contributed by atoms with van der Waals surface area (Å²) in [6.07, 6.45) is -3.28. The van der Waals surface area contributed by atoms with Gasteiger partial charge >= 0.3 is 0 Å². The number of nitro groups is 1. The molecule has 1 aromatic rings. The molecule has 1 aromatic carbocycles.